The van der Waals surface area contributed by atoms with E-state index in [0.717, 1.165) is 30.7 Å². The molecule has 0 aliphatic carbocycles. The Morgan fingerprint density at radius 3 is 2.36 bits per heavy atom. The summed E-state index contributed by atoms with van der Waals surface area (Å²) in [5.74, 6) is 2.30. The van der Waals surface area contributed by atoms with Gasteiger partial charge in [-0.2, -0.15) is 0 Å². The van der Waals surface area contributed by atoms with Crippen LogP contribution in [0.3, 0.4) is 0 Å². The Balaban J connectivity index is 2.48. The van der Waals surface area contributed by atoms with Gasteiger partial charge in [0.2, 0.25) is 0 Å². The summed E-state index contributed by atoms with van der Waals surface area (Å²) in [5, 5.41) is 0. The Morgan fingerprint density at radius 2 is 1.82 bits per heavy atom. The molecule has 2 atom stereocenters. The quantitative estimate of drug-likeness (QED) is 0.421. The van der Waals surface area contributed by atoms with Crippen LogP contribution in [-0.2, 0) is 0 Å². The summed E-state index contributed by atoms with van der Waals surface area (Å²) in [5.41, 5.74) is 2.76. The molecule has 0 aromatic carbocycles. The van der Waals surface area contributed by atoms with E-state index in [0.29, 0.717) is 5.92 Å². The molecule has 1 aliphatic rings. The van der Waals surface area contributed by atoms with Crippen molar-refractivity contribution in [3.05, 3.63) is 24.4 Å². The Labute approximate surface area is 139 Å². The molecule has 0 amide bonds. The monoisotopic (exact) mass is 305 g/mol. The number of hydrogen-bond donors (Lipinski definition) is 0. The van der Waals surface area contributed by atoms with Crippen LogP contribution < -0.4 is 0 Å². The maximum Gasteiger partial charge on any atom is 0.0290 e. The molecule has 0 radical (unpaired) electrons. The zero-order chi connectivity index (χ0) is 16.7. The van der Waals surface area contributed by atoms with Crippen LogP contribution in [0.2, 0.25) is 0 Å². The van der Waals surface area contributed by atoms with Crippen molar-refractivity contribution in [3.8, 4) is 0 Å². The van der Waals surface area contributed by atoms with Crippen LogP contribution in [0.25, 0.3) is 0 Å². The normalized spacial score (nSPS) is 21.9. The van der Waals surface area contributed by atoms with Crippen LogP contribution in [0, 0.1) is 17.8 Å². The minimum absolute atomic E-state index is 0.614. The first-order valence-corrected chi connectivity index (χ1v) is 9.47. The molecule has 1 fully saturated rings. The van der Waals surface area contributed by atoms with E-state index >= 15 is 0 Å². The summed E-state index contributed by atoms with van der Waals surface area (Å²) in [6.45, 7) is 21.4. The van der Waals surface area contributed by atoms with Crippen molar-refractivity contribution in [2.75, 3.05) is 6.54 Å². The van der Waals surface area contributed by atoms with E-state index in [9.17, 15) is 0 Å². The molecule has 0 aromatic heterocycles. The first kappa shape index (κ1) is 19.3. The lowest BCUT2D eigenvalue weighted by Gasteiger charge is -2.29. The standard InChI is InChI=1S/C21H39N/c1-8-10-21-14-20(13-16(2)3)15-22(21)19(7)12-9-11-18(6)17(4)5/h16-17,20-21H,6-15H2,1-5H3. The molecule has 1 rings (SSSR count). The molecule has 1 aliphatic heterocycles. The van der Waals surface area contributed by atoms with Crippen LogP contribution in [0.1, 0.15) is 79.6 Å². The maximum absolute atomic E-state index is 4.42. The SMILES string of the molecule is C=C(CCCC(=C)N1CC(CC(C)C)CC1CCC)C(C)C. The van der Waals surface area contributed by atoms with Crippen LogP contribution in [0.15, 0.2) is 24.4 Å². The highest BCUT2D eigenvalue weighted by molar-refractivity contribution is 5.04. The number of allylic oxidation sites excluding steroid dienone is 2. The molecule has 0 aromatic rings. The topological polar surface area (TPSA) is 3.24 Å². The lowest BCUT2D eigenvalue weighted by atomic mass is 9.94. The first-order valence-electron chi connectivity index (χ1n) is 9.47. The summed E-state index contributed by atoms with van der Waals surface area (Å²) in [6.07, 6.45) is 8.86. The van der Waals surface area contributed by atoms with Gasteiger partial charge in [0.1, 0.15) is 0 Å². The predicted octanol–water partition coefficient (Wildman–Crippen LogP) is 6.42. The van der Waals surface area contributed by atoms with Crippen LogP contribution in [0.4, 0.5) is 0 Å². The van der Waals surface area contributed by atoms with E-state index in [-0.39, 0.29) is 0 Å². The lowest BCUT2D eigenvalue weighted by molar-refractivity contribution is 0.289. The van der Waals surface area contributed by atoms with E-state index in [1.807, 2.05) is 0 Å². The van der Waals surface area contributed by atoms with Gasteiger partial charge in [0.05, 0.1) is 0 Å². The third-order valence-corrected chi connectivity index (χ3v) is 5.11. The average molecular weight is 306 g/mol. The maximum atomic E-state index is 4.42. The molecule has 0 spiro atoms. The second-order valence-corrected chi connectivity index (χ2v) is 8.06. The van der Waals surface area contributed by atoms with Gasteiger partial charge in [0.25, 0.3) is 0 Å². The molecule has 128 valence electrons. The smallest absolute Gasteiger partial charge is 0.0290 e. The molecule has 2 unspecified atom stereocenters. The Morgan fingerprint density at radius 1 is 1.14 bits per heavy atom. The van der Waals surface area contributed by atoms with Gasteiger partial charge in [-0.05, 0) is 56.3 Å². The molecule has 0 saturated carbocycles. The zero-order valence-corrected chi connectivity index (χ0v) is 15.8. The number of likely N-dealkylation sites (tertiary alicyclic amines) is 1. The fourth-order valence-electron chi connectivity index (χ4n) is 3.80. The molecule has 1 heterocycles. The Bertz CT molecular complexity index is 353. The van der Waals surface area contributed by atoms with Crippen molar-refractivity contribution in [1.82, 2.24) is 4.90 Å². The van der Waals surface area contributed by atoms with E-state index in [4.69, 9.17) is 0 Å². The van der Waals surface area contributed by atoms with E-state index in [2.05, 4.69) is 52.7 Å². The summed E-state index contributed by atoms with van der Waals surface area (Å²) >= 11 is 0. The van der Waals surface area contributed by atoms with Gasteiger partial charge in [-0.25, -0.2) is 0 Å². The minimum atomic E-state index is 0.614. The van der Waals surface area contributed by atoms with Crippen molar-refractivity contribution in [1.29, 1.82) is 0 Å². The third-order valence-electron chi connectivity index (χ3n) is 5.11. The average Bonchev–Trinajstić information content (AvgIpc) is 2.80. The largest absolute Gasteiger partial charge is 0.372 e. The molecule has 1 nitrogen and oxygen atoms in total. The highest BCUT2D eigenvalue weighted by atomic mass is 15.2. The lowest BCUT2D eigenvalue weighted by Crippen LogP contribution is -2.28. The van der Waals surface area contributed by atoms with E-state index in [1.54, 1.807) is 0 Å². The van der Waals surface area contributed by atoms with Gasteiger partial charge < -0.3 is 4.90 Å². The molecule has 22 heavy (non-hydrogen) atoms. The van der Waals surface area contributed by atoms with Crippen molar-refractivity contribution < 1.29 is 0 Å². The molecular formula is C21H39N. The van der Waals surface area contributed by atoms with Crippen LogP contribution >= 0.6 is 0 Å². The Hall–Kier alpha value is -0.720. The molecule has 1 saturated heterocycles. The first-order chi connectivity index (χ1) is 10.3. The minimum Gasteiger partial charge on any atom is -0.372 e. The molecule has 0 bridgehead atoms. The van der Waals surface area contributed by atoms with E-state index < -0.39 is 0 Å². The van der Waals surface area contributed by atoms with Crippen LogP contribution in [-0.4, -0.2) is 17.5 Å². The Kier molecular flexibility index (Phi) is 8.28. The van der Waals surface area contributed by atoms with Crippen molar-refractivity contribution in [2.24, 2.45) is 17.8 Å². The number of nitrogens with zero attached hydrogens (tertiary/aromatic N) is 1. The molecule has 1 heteroatoms. The molecule has 0 N–H and O–H groups in total. The highest BCUT2D eigenvalue weighted by Gasteiger charge is 2.31. The van der Waals surface area contributed by atoms with Gasteiger partial charge in [0.15, 0.2) is 0 Å². The second kappa shape index (κ2) is 9.43. The summed E-state index contributed by atoms with van der Waals surface area (Å²) in [4.78, 5) is 2.65. The van der Waals surface area contributed by atoms with Crippen LogP contribution in [0.5, 0.6) is 0 Å². The predicted molar refractivity (Wildman–Crippen MR) is 99.9 cm³/mol. The van der Waals surface area contributed by atoms with Crippen molar-refractivity contribution >= 4 is 0 Å². The number of rotatable bonds is 10. The fourth-order valence-corrected chi connectivity index (χ4v) is 3.80. The van der Waals surface area contributed by atoms with Gasteiger partial charge >= 0.3 is 0 Å². The van der Waals surface area contributed by atoms with Gasteiger partial charge in [-0.3, -0.25) is 0 Å². The summed E-state index contributed by atoms with van der Waals surface area (Å²) < 4.78 is 0. The van der Waals surface area contributed by atoms with Gasteiger partial charge in [-0.15, -0.1) is 0 Å². The fraction of sp³-hybridized carbons (Fsp3) is 0.810. The van der Waals surface area contributed by atoms with Gasteiger partial charge in [-0.1, -0.05) is 59.8 Å². The number of hydrogen-bond acceptors (Lipinski definition) is 1. The third kappa shape index (κ3) is 6.18. The zero-order valence-electron chi connectivity index (χ0n) is 15.8. The molecular weight excluding hydrogens is 266 g/mol. The van der Waals surface area contributed by atoms with Gasteiger partial charge in [0, 0.05) is 18.3 Å². The summed E-state index contributed by atoms with van der Waals surface area (Å²) in [6, 6.07) is 0.745. The van der Waals surface area contributed by atoms with Crippen molar-refractivity contribution in [3.63, 3.8) is 0 Å². The van der Waals surface area contributed by atoms with Crippen molar-refractivity contribution in [2.45, 2.75) is 85.6 Å². The summed E-state index contributed by atoms with van der Waals surface area (Å²) in [7, 11) is 0. The highest BCUT2D eigenvalue weighted by Crippen LogP contribution is 2.34. The second-order valence-electron chi connectivity index (χ2n) is 8.06. The van der Waals surface area contributed by atoms with E-state index in [1.165, 1.54) is 49.9 Å².